The molecule has 0 aromatic rings. The summed E-state index contributed by atoms with van der Waals surface area (Å²) in [5, 5.41) is 3.24. The Morgan fingerprint density at radius 1 is 1.06 bits per heavy atom. The number of carbonyl (C=O) groups excluding carboxylic acids is 1. The molecule has 0 aromatic heterocycles. The van der Waals surface area contributed by atoms with Gasteiger partial charge in [-0.15, -0.1) is 0 Å². The second-order valence-corrected chi connectivity index (χ2v) is 6.24. The predicted octanol–water partition coefficient (Wildman–Crippen LogP) is 3.65. The van der Waals surface area contributed by atoms with E-state index in [-0.39, 0.29) is 0 Å². The van der Waals surface area contributed by atoms with Gasteiger partial charge in [0.2, 0.25) is 5.91 Å². The first kappa shape index (κ1) is 12.9. The largest absolute Gasteiger partial charge is 0.353 e. The summed E-state index contributed by atoms with van der Waals surface area (Å²) >= 11 is 0. The van der Waals surface area contributed by atoms with Gasteiger partial charge in [0.1, 0.15) is 0 Å². The summed E-state index contributed by atoms with van der Waals surface area (Å²) in [7, 11) is 0. The minimum Gasteiger partial charge on any atom is -0.353 e. The molecule has 0 bridgehead atoms. The lowest BCUT2D eigenvalue weighted by Gasteiger charge is -2.17. The maximum Gasteiger partial charge on any atom is 0.220 e. The molecule has 0 aromatic carbocycles. The second-order valence-electron chi connectivity index (χ2n) is 6.24. The molecule has 98 valence electrons. The zero-order valence-corrected chi connectivity index (χ0v) is 11.2. The van der Waals surface area contributed by atoms with Crippen LogP contribution in [0.4, 0.5) is 0 Å². The molecule has 2 unspecified atom stereocenters. The van der Waals surface area contributed by atoms with Gasteiger partial charge in [0.25, 0.3) is 0 Å². The van der Waals surface area contributed by atoms with E-state index < -0.39 is 0 Å². The summed E-state index contributed by atoms with van der Waals surface area (Å²) in [6, 6.07) is 0.475. The van der Waals surface area contributed by atoms with Gasteiger partial charge in [-0.25, -0.2) is 0 Å². The van der Waals surface area contributed by atoms with Crippen molar-refractivity contribution in [2.75, 3.05) is 0 Å². The van der Waals surface area contributed by atoms with Crippen LogP contribution in [0.25, 0.3) is 0 Å². The van der Waals surface area contributed by atoms with E-state index in [4.69, 9.17) is 0 Å². The van der Waals surface area contributed by atoms with E-state index in [1.165, 1.54) is 57.8 Å². The van der Waals surface area contributed by atoms with E-state index in [1.807, 2.05) is 0 Å². The van der Waals surface area contributed by atoms with Crippen LogP contribution in [-0.2, 0) is 4.79 Å². The average Bonchev–Trinajstić information content (AvgIpc) is 2.53. The van der Waals surface area contributed by atoms with Crippen molar-refractivity contribution in [1.82, 2.24) is 5.32 Å². The highest BCUT2D eigenvalue weighted by Crippen LogP contribution is 2.27. The molecule has 1 amide bonds. The molecule has 2 heteroatoms. The molecule has 2 aliphatic rings. The fourth-order valence-corrected chi connectivity index (χ4v) is 3.46. The van der Waals surface area contributed by atoms with Crippen LogP contribution in [0, 0.1) is 11.8 Å². The summed E-state index contributed by atoms with van der Waals surface area (Å²) in [6.07, 6.45) is 12.4. The molecule has 0 saturated heterocycles. The molecule has 2 nitrogen and oxygen atoms in total. The summed E-state index contributed by atoms with van der Waals surface area (Å²) in [5.74, 6) is 1.78. The third-order valence-corrected chi connectivity index (χ3v) is 4.51. The normalized spacial score (nSPS) is 31.1. The Kier molecular flexibility index (Phi) is 4.87. The Morgan fingerprint density at radius 2 is 1.76 bits per heavy atom. The Labute approximate surface area is 106 Å². The molecule has 2 fully saturated rings. The van der Waals surface area contributed by atoms with Crippen LogP contribution in [0.5, 0.6) is 0 Å². The molecule has 0 radical (unpaired) electrons. The van der Waals surface area contributed by atoms with Crippen molar-refractivity contribution in [2.45, 2.75) is 77.2 Å². The van der Waals surface area contributed by atoms with E-state index in [1.54, 1.807) is 0 Å². The number of amides is 1. The number of hydrogen-bond donors (Lipinski definition) is 1. The zero-order valence-electron chi connectivity index (χ0n) is 11.2. The number of rotatable bonds is 3. The quantitative estimate of drug-likeness (QED) is 0.746. The van der Waals surface area contributed by atoms with Gasteiger partial charge in [-0.2, -0.15) is 0 Å². The first-order chi connectivity index (χ1) is 8.24. The summed E-state index contributed by atoms with van der Waals surface area (Å²) in [5.41, 5.74) is 0. The van der Waals surface area contributed by atoms with Crippen LogP contribution >= 0.6 is 0 Å². The Bertz CT molecular complexity index is 243. The topological polar surface area (TPSA) is 29.1 Å². The predicted molar refractivity (Wildman–Crippen MR) is 70.8 cm³/mol. The van der Waals surface area contributed by atoms with Gasteiger partial charge in [0.15, 0.2) is 0 Å². The smallest absolute Gasteiger partial charge is 0.220 e. The number of carbonyl (C=O) groups is 1. The van der Waals surface area contributed by atoms with E-state index >= 15 is 0 Å². The molecule has 17 heavy (non-hydrogen) atoms. The molecule has 2 saturated carbocycles. The maximum atomic E-state index is 12.0. The average molecular weight is 237 g/mol. The van der Waals surface area contributed by atoms with Crippen LogP contribution in [0.2, 0.25) is 0 Å². The highest BCUT2D eigenvalue weighted by Gasteiger charge is 2.24. The standard InChI is InChI=1S/C15H27NO/c1-12-8-9-14(10-12)16-15(17)11-13-6-4-2-3-5-7-13/h12-14H,2-11H2,1H3,(H,16,17). The van der Waals surface area contributed by atoms with E-state index in [9.17, 15) is 4.79 Å². The van der Waals surface area contributed by atoms with Crippen molar-refractivity contribution >= 4 is 5.91 Å². The van der Waals surface area contributed by atoms with Crippen LogP contribution in [0.1, 0.15) is 71.1 Å². The fourth-order valence-electron chi connectivity index (χ4n) is 3.46. The molecular formula is C15H27NO. The van der Waals surface area contributed by atoms with Gasteiger partial charge in [-0.05, 0) is 43.9 Å². The van der Waals surface area contributed by atoms with Gasteiger partial charge in [-0.3, -0.25) is 4.79 Å². The minimum absolute atomic E-state index is 0.316. The lowest BCUT2D eigenvalue weighted by atomic mass is 9.96. The van der Waals surface area contributed by atoms with E-state index in [2.05, 4.69) is 12.2 Å². The molecule has 1 N–H and O–H groups in total. The highest BCUT2D eigenvalue weighted by molar-refractivity contribution is 5.76. The van der Waals surface area contributed by atoms with Gasteiger partial charge in [0.05, 0.1) is 0 Å². The molecule has 2 aliphatic carbocycles. The van der Waals surface area contributed by atoms with Crippen LogP contribution < -0.4 is 5.32 Å². The van der Waals surface area contributed by atoms with Crippen molar-refractivity contribution in [3.8, 4) is 0 Å². The Morgan fingerprint density at radius 3 is 2.35 bits per heavy atom. The molecule has 2 atom stereocenters. The molecule has 0 heterocycles. The molecule has 0 aliphatic heterocycles. The van der Waals surface area contributed by atoms with Crippen LogP contribution in [-0.4, -0.2) is 11.9 Å². The monoisotopic (exact) mass is 237 g/mol. The SMILES string of the molecule is CC1CCC(NC(=O)CC2CCCCCC2)C1. The lowest BCUT2D eigenvalue weighted by molar-refractivity contribution is -0.122. The van der Waals surface area contributed by atoms with Gasteiger partial charge in [-0.1, -0.05) is 32.6 Å². The summed E-state index contributed by atoms with van der Waals surface area (Å²) in [4.78, 5) is 12.0. The summed E-state index contributed by atoms with van der Waals surface area (Å²) in [6.45, 7) is 2.29. The van der Waals surface area contributed by atoms with Gasteiger partial charge < -0.3 is 5.32 Å². The highest BCUT2D eigenvalue weighted by atomic mass is 16.1. The Balaban J connectivity index is 1.69. The number of hydrogen-bond acceptors (Lipinski definition) is 1. The van der Waals surface area contributed by atoms with Gasteiger partial charge in [0, 0.05) is 12.5 Å². The lowest BCUT2D eigenvalue weighted by Crippen LogP contribution is -2.34. The second kappa shape index (κ2) is 6.42. The van der Waals surface area contributed by atoms with Crippen molar-refractivity contribution in [3.05, 3.63) is 0 Å². The van der Waals surface area contributed by atoms with E-state index in [0.29, 0.717) is 17.9 Å². The molecule has 2 rings (SSSR count). The van der Waals surface area contributed by atoms with Crippen molar-refractivity contribution in [3.63, 3.8) is 0 Å². The summed E-state index contributed by atoms with van der Waals surface area (Å²) < 4.78 is 0. The molecular weight excluding hydrogens is 210 g/mol. The van der Waals surface area contributed by atoms with E-state index in [0.717, 1.165) is 12.3 Å². The maximum absolute atomic E-state index is 12.0. The van der Waals surface area contributed by atoms with Crippen molar-refractivity contribution < 1.29 is 4.79 Å². The third-order valence-electron chi connectivity index (χ3n) is 4.51. The van der Waals surface area contributed by atoms with Crippen molar-refractivity contribution in [2.24, 2.45) is 11.8 Å². The first-order valence-electron chi connectivity index (χ1n) is 7.53. The van der Waals surface area contributed by atoms with Crippen molar-refractivity contribution in [1.29, 1.82) is 0 Å². The van der Waals surface area contributed by atoms with Crippen LogP contribution in [0.3, 0.4) is 0 Å². The van der Waals surface area contributed by atoms with Gasteiger partial charge >= 0.3 is 0 Å². The minimum atomic E-state index is 0.316. The number of nitrogens with one attached hydrogen (secondary N) is 1. The van der Waals surface area contributed by atoms with Crippen LogP contribution in [0.15, 0.2) is 0 Å². The zero-order chi connectivity index (χ0) is 12.1. The fraction of sp³-hybridized carbons (Fsp3) is 0.933. The first-order valence-corrected chi connectivity index (χ1v) is 7.53. The third kappa shape index (κ3) is 4.33. The Hall–Kier alpha value is -0.530. The molecule has 0 spiro atoms.